The van der Waals surface area contributed by atoms with Gasteiger partial charge in [-0.15, -0.1) is 0 Å². The molecule has 17 heavy (non-hydrogen) atoms. The van der Waals surface area contributed by atoms with Gasteiger partial charge in [-0.25, -0.2) is 0 Å². The average Bonchev–Trinajstić information content (AvgIpc) is 2.31. The molecule has 3 nitrogen and oxygen atoms in total. The Morgan fingerprint density at radius 3 is 2.24 bits per heavy atom. The maximum atomic E-state index is 6.03. The number of nitrogens with two attached hydrogens (primary N) is 1. The number of anilines is 2. The molecular formula is C13H22BrN3. The van der Waals surface area contributed by atoms with Crippen molar-refractivity contribution < 1.29 is 0 Å². The first-order chi connectivity index (χ1) is 8.20. The normalized spacial score (nSPS) is 10.5. The van der Waals surface area contributed by atoms with E-state index in [4.69, 9.17) is 5.73 Å². The molecule has 4 heteroatoms. The van der Waals surface area contributed by atoms with Gasteiger partial charge in [-0.2, -0.15) is 0 Å². The monoisotopic (exact) mass is 299 g/mol. The lowest BCUT2D eigenvalue weighted by Crippen LogP contribution is -2.27. The van der Waals surface area contributed by atoms with E-state index in [1.807, 2.05) is 6.20 Å². The van der Waals surface area contributed by atoms with Crippen molar-refractivity contribution in [3.8, 4) is 0 Å². The first kappa shape index (κ1) is 14.3. The van der Waals surface area contributed by atoms with E-state index < -0.39 is 0 Å². The molecule has 0 saturated heterocycles. The van der Waals surface area contributed by atoms with Crippen LogP contribution in [0.5, 0.6) is 0 Å². The fourth-order valence-corrected chi connectivity index (χ4v) is 2.41. The lowest BCUT2D eigenvalue weighted by Gasteiger charge is -2.26. The summed E-state index contributed by atoms with van der Waals surface area (Å²) in [7, 11) is 0. The van der Waals surface area contributed by atoms with E-state index in [2.05, 4.69) is 39.7 Å². The summed E-state index contributed by atoms with van der Waals surface area (Å²) in [4.78, 5) is 6.46. The van der Waals surface area contributed by atoms with Crippen LogP contribution in [0.25, 0.3) is 0 Å². The summed E-state index contributed by atoms with van der Waals surface area (Å²) in [5, 5.41) is 0. The van der Waals surface area contributed by atoms with E-state index in [1.165, 1.54) is 25.7 Å². The summed E-state index contributed by atoms with van der Waals surface area (Å²) >= 11 is 3.55. The minimum Gasteiger partial charge on any atom is -0.396 e. The number of aromatic nitrogens is 1. The molecule has 1 heterocycles. The molecule has 0 aliphatic rings. The Labute approximate surface area is 113 Å². The van der Waals surface area contributed by atoms with Gasteiger partial charge in [-0.1, -0.05) is 26.7 Å². The molecule has 0 unspecified atom stereocenters. The van der Waals surface area contributed by atoms with Crippen molar-refractivity contribution in [2.75, 3.05) is 23.7 Å². The van der Waals surface area contributed by atoms with E-state index >= 15 is 0 Å². The number of pyridine rings is 1. The first-order valence-corrected chi connectivity index (χ1v) is 7.13. The summed E-state index contributed by atoms with van der Waals surface area (Å²) in [5.74, 6) is 0. The maximum Gasteiger partial charge on any atom is 0.0776 e. The van der Waals surface area contributed by atoms with Crippen molar-refractivity contribution in [2.45, 2.75) is 39.5 Å². The molecule has 2 N–H and O–H groups in total. The fourth-order valence-electron chi connectivity index (χ4n) is 1.81. The quantitative estimate of drug-likeness (QED) is 0.832. The molecule has 1 aromatic rings. The van der Waals surface area contributed by atoms with E-state index in [-0.39, 0.29) is 0 Å². The molecule has 1 rings (SSSR count). The highest BCUT2D eigenvalue weighted by Crippen LogP contribution is 2.31. The number of nitrogen functional groups attached to an aromatic ring is 1. The second-order valence-electron chi connectivity index (χ2n) is 4.25. The second kappa shape index (κ2) is 7.54. The predicted octanol–water partition coefficient (Wildman–Crippen LogP) is 3.83. The Kier molecular flexibility index (Phi) is 6.34. The van der Waals surface area contributed by atoms with Gasteiger partial charge in [0.25, 0.3) is 0 Å². The topological polar surface area (TPSA) is 42.1 Å². The number of nitrogens with zero attached hydrogens (tertiary/aromatic N) is 2. The summed E-state index contributed by atoms with van der Waals surface area (Å²) in [6.07, 6.45) is 8.33. The van der Waals surface area contributed by atoms with E-state index in [1.54, 1.807) is 6.20 Å². The Bertz CT molecular complexity index is 313. The van der Waals surface area contributed by atoms with Gasteiger partial charge in [0.2, 0.25) is 0 Å². The zero-order chi connectivity index (χ0) is 12.7. The van der Waals surface area contributed by atoms with Crippen molar-refractivity contribution in [3.05, 3.63) is 16.9 Å². The molecule has 0 aromatic carbocycles. The predicted molar refractivity (Wildman–Crippen MR) is 78.4 cm³/mol. The van der Waals surface area contributed by atoms with E-state index in [0.29, 0.717) is 0 Å². The SMILES string of the molecule is CCCCN(CCCC)c1c(N)cncc1Br. The lowest BCUT2D eigenvalue weighted by molar-refractivity contribution is 0.677. The Morgan fingerprint density at radius 1 is 1.18 bits per heavy atom. The van der Waals surface area contributed by atoms with Gasteiger partial charge in [-0.3, -0.25) is 4.98 Å². The molecule has 0 spiro atoms. The molecule has 0 aliphatic heterocycles. The number of rotatable bonds is 7. The smallest absolute Gasteiger partial charge is 0.0776 e. The van der Waals surface area contributed by atoms with Gasteiger partial charge in [0.05, 0.1) is 22.0 Å². The van der Waals surface area contributed by atoms with Gasteiger partial charge in [0.15, 0.2) is 0 Å². The summed E-state index contributed by atoms with van der Waals surface area (Å²) in [6.45, 7) is 6.54. The van der Waals surface area contributed by atoms with Gasteiger partial charge >= 0.3 is 0 Å². The van der Waals surface area contributed by atoms with Crippen molar-refractivity contribution in [1.82, 2.24) is 4.98 Å². The zero-order valence-corrected chi connectivity index (χ0v) is 12.3. The number of hydrogen-bond donors (Lipinski definition) is 1. The first-order valence-electron chi connectivity index (χ1n) is 6.34. The molecule has 0 aliphatic carbocycles. The second-order valence-corrected chi connectivity index (χ2v) is 5.11. The van der Waals surface area contributed by atoms with Gasteiger partial charge < -0.3 is 10.6 Å². The van der Waals surface area contributed by atoms with Crippen LogP contribution < -0.4 is 10.6 Å². The molecule has 0 saturated carbocycles. The maximum absolute atomic E-state index is 6.03. The minimum atomic E-state index is 0.756. The minimum absolute atomic E-state index is 0.756. The summed E-state index contributed by atoms with van der Waals surface area (Å²) in [6, 6.07) is 0. The van der Waals surface area contributed by atoms with Crippen molar-refractivity contribution in [3.63, 3.8) is 0 Å². The molecule has 0 radical (unpaired) electrons. The molecule has 96 valence electrons. The van der Waals surface area contributed by atoms with Crippen LogP contribution in [0, 0.1) is 0 Å². The third kappa shape index (κ3) is 4.19. The number of unbranched alkanes of at least 4 members (excludes halogenated alkanes) is 2. The summed E-state index contributed by atoms with van der Waals surface area (Å²) in [5.41, 5.74) is 7.89. The molecular weight excluding hydrogens is 278 g/mol. The van der Waals surface area contributed by atoms with E-state index in [0.717, 1.165) is 28.9 Å². The summed E-state index contributed by atoms with van der Waals surface area (Å²) < 4.78 is 0.990. The van der Waals surface area contributed by atoms with Gasteiger partial charge in [0.1, 0.15) is 0 Å². The van der Waals surface area contributed by atoms with Gasteiger partial charge in [-0.05, 0) is 28.8 Å². The number of hydrogen-bond acceptors (Lipinski definition) is 3. The molecule has 0 amide bonds. The third-order valence-corrected chi connectivity index (χ3v) is 3.36. The molecule has 0 atom stereocenters. The van der Waals surface area contributed by atoms with Crippen LogP contribution >= 0.6 is 15.9 Å². The third-order valence-electron chi connectivity index (χ3n) is 2.78. The fraction of sp³-hybridized carbons (Fsp3) is 0.615. The van der Waals surface area contributed by atoms with Crippen LogP contribution in [-0.4, -0.2) is 18.1 Å². The van der Waals surface area contributed by atoms with Crippen LogP contribution in [-0.2, 0) is 0 Å². The van der Waals surface area contributed by atoms with Crippen molar-refractivity contribution in [1.29, 1.82) is 0 Å². The van der Waals surface area contributed by atoms with Gasteiger partial charge in [0, 0.05) is 19.3 Å². The highest BCUT2D eigenvalue weighted by molar-refractivity contribution is 9.10. The molecule has 0 fully saturated rings. The average molecular weight is 300 g/mol. The highest BCUT2D eigenvalue weighted by Gasteiger charge is 2.12. The molecule has 0 bridgehead atoms. The van der Waals surface area contributed by atoms with Crippen LogP contribution in [0.3, 0.4) is 0 Å². The van der Waals surface area contributed by atoms with Crippen molar-refractivity contribution in [2.24, 2.45) is 0 Å². The standard InChI is InChI=1S/C13H22BrN3/c1-3-5-7-17(8-6-4-2)13-11(14)9-16-10-12(13)15/h9-10H,3-8,15H2,1-2H3. The number of halogens is 1. The molecule has 1 aromatic heterocycles. The zero-order valence-electron chi connectivity index (χ0n) is 10.7. The Morgan fingerprint density at radius 2 is 1.76 bits per heavy atom. The van der Waals surface area contributed by atoms with Crippen LogP contribution in [0.2, 0.25) is 0 Å². The Hall–Kier alpha value is -0.770. The largest absolute Gasteiger partial charge is 0.396 e. The van der Waals surface area contributed by atoms with Crippen LogP contribution in [0.4, 0.5) is 11.4 Å². The Balaban J connectivity index is 2.86. The van der Waals surface area contributed by atoms with Crippen LogP contribution in [0.15, 0.2) is 16.9 Å². The lowest BCUT2D eigenvalue weighted by atomic mass is 10.2. The van der Waals surface area contributed by atoms with Crippen LogP contribution in [0.1, 0.15) is 39.5 Å². The van der Waals surface area contributed by atoms with E-state index in [9.17, 15) is 0 Å². The van der Waals surface area contributed by atoms with Crippen molar-refractivity contribution >= 4 is 27.3 Å². The highest BCUT2D eigenvalue weighted by atomic mass is 79.9.